The summed E-state index contributed by atoms with van der Waals surface area (Å²) < 4.78 is 2.01. The van der Waals surface area contributed by atoms with Crippen LogP contribution in [0.15, 0.2) is 42.7 Å². The predicted octanol–water partition coefficient (Wildman–Crippen LogP) is 2.31. The third-order valence-electron chi connectivity index (χ3n) is 2.86. The van der Waals surface area contributed by atoms with Crippen LogP contribution in [0.2, 0.25) is 0 Å². The van der Waals surface area contributed by atoms with Crippen LogP contribution in [0.5, 0.6) is 0 Å². The van der Waals surface area contributed by atoms with Crippen molar-refractivity contribution < 1.29 is 0 Å². The molecule has 0 saturated heterocycles. The van der Waals surface area contributed by atoms with E-state index in [1.54, 1.807) is 6.20 Å². The summed E-state index contributed by atoms with van der Waals surface area (Å²) in [5.41, 5.74) is 7.98. The minimum atomic E-state index is 0.289. The topological polar surface area (TPSA) is 56.7 Å². The number of benzene rings is 1. The smallest absolute Gasteiger partial charge is 0.221 e. The molecule has 0 spiro atoms. The van der Waals surface area contributed by atoms with Crippen molar-refractivity contribution in [3.05, 3.63) is 48.3 Å². The lowest BCUT2D eigenvalue weighted by Crippen LogP contribution is -2.00. The lowest BCUT2D eigenvalue weighted by Gasteiger charge is -2.05. The molecule has 0 atom stereocenters. The average molecular weight is 224 g/mol. The van der Waals surface area contributed by atoms with Crippen LogP contribution < -0.4 is 5.73 Å². The molecular weight excluding hydrogens is 212 g/mol. The first-order valence-electron chi connectivity index (χ1n) is 5.41. The number of aryl methyl sites for hydroxylation is 1. The number of nitrogen functional groups attached to an aromatic ring is 1. The fourth-order valence-electron chi connectivity index (χ4n) is 2.02. The Bertz CT molecular complexity index is 685. The maximum Gasteiger partial charge on any atom is 0.221 e. The highest BCUT2D eigenvalue weighted by molar-refractivity contribution is 5.84. The van der Waals surface area contributed by atoms with E-state index in [1.807, 2.05) is 22.9 Å². The van der Waals surface area contributed by atoms with Gasteiger partial charge in [0.05, 0.1) is 5.52 Å². The number of fused-ring (bicyclic) bond motifs is 1. The van der Waals surface area contributed by atoms with Crippen LogP contribution in [0.25, 0.3) is 16.7 Å². The molecule has 4 heteroatoms. The molecule has 0 radical (unpaired) electrons. The van der Waals surface area contributed by atoms with E-state index in [9.17, 15) is 0 Å². The van der Waals surface area contributed by atoms with Crippen LogP contribution in [-0.4, -0.2) is 14.5 Å². The molecule has 0 amide bonds. The van der Waals surface area contributed by atoms with Gasteiger partial charge in [0.15, 0.2) is 0 Å². The molecule has 0 bridgehead atoms. The molecule has 2 heterocycles. The maximum atomic E-state index is 5.60. The van der Waals surface area contributed by atoms with Crippen LogP contribution in [-0.2, 0) is 0 Å². The van der Waals surface area contributed by atoms with Crippen LogP contribution >= 0.6 is 0 Å². The first-order chi connectivity index (χ1) is 8.25. The van der Waals surface area contributed by atoms with E-state index in [0.717, 1.165) is 11.3 Å². The van der Waals surface area contributed by atoms with Gasteiger partial charge in [0.1, 0.15) is 5.82 Å². The van der Waals surface area contributed by atoms with E-state index in [0.29, 0.717) is 0 Å². The third-order valence-corrected chi connectivity index (χ3v) is 2.86. The van der Waals surface area contributed by atoms with Crippen LogP contribution in [0.4, 0.5) is 5.95 Å². The molecule has 84 valence electrons. The Morgan fingerprint density at radius 2 is 2.06 bits per heavy atom. The summed E-state index contributed by atoms with van der Waals surface area (Å²) in [6, 6.07) is 10.1. The van der Waals surface area contributed by atoms with Gasteiger partial charge in [-0.2, -0.15) is 4.98 Å². The summed E-state index contributed by atoms with van der Waals surface area (Å²) in [5, 5.41) is 1.23. The summed E-state index contributed by atoms with van der Waals surface area (Å²) in [5.74, 6) is 1.08. The monoisotopic (exact) mass is 224 g/mol. The Balaban J connectivity index is 2.28. The van der Waals surface area contributed by atoms with Crippen molar-refractivity contribution in [1.82, 2.24) is 14.5 Å². The van der Waals surface area contributed by atoms with Crippen molar-refractivity contribution >= 4 is 16.9 Å². The van der Waals surface area contributed by atoms with E-state index in [1.165, 1.54) is 10.9 Å². The van der Waals surface area contributed by atoms with Gasteiger partial charge in [0, 0.05) is 17.8 Å². The largest absolute Gasteiger partial charge is 0.368 e. The summed E-state index contributed by atoms with van der Waals surface area (Å²) in [7, 11) is 0. The lowest BCUT2D eigenvalue weighted by atomic mass is 10.1. The number of aromatic nitrogens is 3. The van der Waals surface area contributed by atoms with Gasteiger partial charge in [-0.25, -0.2) is 4.98 Å². The van der Waals surface area contributed by atoms with Gasteiger partial charge in [-0.3, -0.25) is 0 Å². The van der Waals surface area contributed by atoms with Crippen molar-refractivity contribution in [2.75, 3.05) is 5.73 Å². The number of nitrogens with two attached hydrogens (primary N) is 1. The molecule has 2 N–H and O–H groups in total. The van der Waals surface area contributed by atoms with E-state index >= 15 is 0 Å². The summed E-state index contributed by atoms with van der Waals surface area (Å²) >= 11 is 0. The Labute approximate surface area is 98.7 Å². The second kappa shape index (κ2) is 3.59. The van der Waals surface area contributed by atoms with Gasteiger partial charge in [0.25, 0.3) is 0 Å². The maximum absolute atomic E-state index is 5.60. The Morgan fingerprint density at radius 1 is 1.18 bits per heavy atom. The molecule has 0 fully saturated rings. The standard InChI is InChI=1S/C13H12N4/c1-9-3-2-4-11-10(9)6-8-17(11)12-5-7-15-13(14)16-12/h2-8H,1H3,(H2,14,15,16). The summed E-state index contributed by atoms with van der Waals surface area (Å²) in [6.45, 7) is 2.10. The molecular formula is C13H12N4. The lowest BCUT2D eigenvalue weighted by molar-refractivity contribution is 1.02. The molecule has 0 aliphatic rings. The Morgan fingerprint density at radius 3 is 2.88 bits per heavy atom. The van der Waals surface area contributed by atoms with Crippen molar-refractivity contribution in [1.29, 1.82) is 0 Å². The molecule has 0 aliphatic heterocycles. The van der Waals surface area contributed by atoms with Crippen LogP contribution in [0.3, 0.4) is 0 Å². The Kier molecular flexibility index (Phi) is 2.08. The number of hydrogen-bond donors (Lipinski definition) is 1. The molecule has 3 rings (SSSR count). The van der Waals surface area contributed by atoms with E-state index < -0.39 is 0 Å². The Hall–Kier alpha value is -2.36. The second-order valence-corrected chi connectivity index (χ2v) is 3.97. The highest BCUT2D eigenvalue weighted by Crippen LogP contribution is 2.22. The van der Waals surface area contributed by atoms with E-state index in [-0.39, 0.29) is 5.95 Å². The SMILES string of the molecule is Cc1cccc2c1ccn2-c1ccnc(N)n1. The van der Waals surface area contributed by atoms with Gasteiger partial charge in [-0.1, -0.05) is 12.1 Å². The molecule has 1 aromatic carbocycles. The third kappa shape index (κ3) is 1.54. The fourth-order valence-corrected chi connectivity index (χ4v) is 2.02. The van der Waals surface area contributed by atoms with Gasteiger partial charge < -0.3 is 10.3 Å². The highest BCUT2D eigenvalue weighted by atomic mass is 15.1. The average Bonchev–Trinajstić information content (AvgIpc) is 2.74. The number of anilines is 1. The van der Waals surface area contributed by atoms with E-state index in [4.69, 9.17) is 5.73 Å². The van der Waals surface area contributed by atoms with Gasteiger partial charge in [-0.15, -0.1) is 0 Å². The minimum absolute atomic E-state index is 0.289. The quantitative estimate of drug-likeness (QED) is 0.690. The highest BCUT2D eigenvalue weighted by Gasteiger charge is 2.05. The number of hydrogen-bond acceptors (Lipinski definition) is 3. The first kappa shape index (κ1) is 9.84. The van der Waals surface area contributed by atoms with Gasteiger partial charge >= 0.3 is 0 Å². The van der Waals surface area contributed by atoms with E-state index in [2.05, 4.69) is 35.1 Å². The molecule has 17 heavy (non-hydrogen) atoms. The molecule has 0 unspecified atom stereocenters. The van der Waals surface area contributed by atoms with Gasteiger partial charge in [0.2, 0.25) is 5.95 Å². The molecule has 3 aromatic rings. The van der Waals surface area contributed by atoms with Crippen molar-refractivity contribution in [2.24, 2.45) is 0 Å². The fraction of sp³-hybridized carbons (Fsp3) is 0.0769. The number of nitrogens with zero attached hydrogens (tertiary/aromatic N) is 3. The predicted molar refractivity (Wildman–Crippen MR) is 68.0 cm³/mol. The minimum Gasteiger partial charge on any atom is -0.368 e. The number of rotatable bonds is 1. The first-order valence-corrected chi connectivity index (χ1v) is 5.41. The van der Waals surface area contributed by atoms with Gasteiger partial charge in [-0.05, 0) is 30.7 Å². The zero-order valence-corrected chi connectivity index (χ0v) is 9.46. The van der Waals surface area contributed by atoms with Crippen molar-refractivity contribution in [2.45, 2.75) is 6.92 Å². The zero-order chi connectivity index (χ0) is 11.8. The molecule has 2 aromatic heterocycles. The zero-order valence-electron chi connectivity index (χ0n) is 9.46. The van der Waals surface area contributed by atoms with Crippen molar-refractivity contribution in [3.63, 3.8) is 0 Å². The second-order valence-electron chi connectivity index (χ2n) is 3.97. The summed E-state index contributed by atoms with van der Waals surface area (Å²) in [6.07, 6.45) is 3.67. The molecule has 4 nitrogen and oxygen atoms in total. The van der Waals surface area contributed by atoms with Crippen LogP contribution in [0.1, 0.15) is 5.56 Å². The molecule has 0 aliphatic carbocycles. The van der Waals surface area contributed by atoms with Crippen LogP contribution in [0, 0.1) is 6.92 Å². The normalized spacial score (nSPS) is 10.9. The van der Waals surface area contributed by atoms with Crippen molar-refractivity contribution in [3.8, 4) is 5.82 Å². The summed E-state index contributed by atoms with van der Waals surface area (Å²) in [4.78, 5) is 8.13. The molecule has 0 saturated carbocycles.